The van der Waals surface area contributed by atoms with E-state index < -0.39 is 28.9 Å². The largest absolute Gasteiger partial charge is 0.446 e. The maximum absolute atomic E-state index is 13.0. The standard InChI is InChI=1S/C18H15F3N4O3S/c1-17(8-10-6-7-23-9-13(10)14(22)26)15(27)25(16(28)24-17)11-2-4-12(5-3-11)29-18(19,20)21/h2-7,9H,8H2,1H3,(H2,22,26)(H,24,28). The number of amides is 4. The number of thioether (sulfide) groups is 1. The van der Waals surface area contributed by atoms with Crippen LogP contribution in [0, 0.1) is 0 Å². The number of carbonyl (C=O) groups is 3. The summed E-state index contributed by atoms with van der Waals surface area (Å²) in [5, 5.41) is 2.58. The van der Waals surface area contributed by atoms with Gasteiger partial charge >= 0.3 is 11.5 Å². The van der Waals surface area contributed by atoms with E-state index in [1.54, 1.807) is 0 Å². The summed E-state index contributed by atoms with van der Waals surface area (Å²) in [7, 11) is 0. The second kappa shape index (κ2) is 7.39. The summed E-state index contributed by atoms with van der Waals surface area (Å²) in [6.07, 6.45) is 2.69. The first-order valence-electron chi connectivity index (χ1n) is 8.25. The third kappa shape index (κ3) is 4.34. The van der Waals surface area contributed by atoms with Crippen LogP contribution in [0.5, 0.6) is 0 Å². The van der Waals surface area contributed by atoms with Crippen LogP contribution in [0.15, 0.2) is 47.6 Å². The molecule has 1 atom stereocenters. The highest BCUT2D eigenvalue weighted by Crippen LogP contribution is 2.38. The molecule has 152 valence electrons. The van der Waals surface area contributed by atoms with Gasteiger partial charge in [-0.05, 0) is 54.6 Å². The Balaban J connectivity index is 1.85. The van der Waals surface area contributed by atoms with Gasteiger partial charge in [-0.15, -0.1) is 0 Å². The van der Waals surface area contributed by atoms with E-state index in [4.69, 9.17) is 5.73 Å². The lowest BCUT2D eigenvalue weighted by molar-refractivity contribution is -0.121. The second-order valence-electron chi connectivity index (χ2n) is 6.52. The highest BCUT2D eigenvalue weighted by molar-refractivity contribution is 8.00. The Bertz CT molecular complexity index is 981. The number of hydrogen-bond donors (Lipinski definition) is 2. The maximum atomic E-state index is 13.0. The summed E-state index contributed by atoms with van der Waals surface area (Å²) in [6, 6.07) is 5.69. The Morgan fingerprint density at radius 2 is 1.90 bits per heavy atom. The number of urea groups is 1. The number of nitrogens with one attached hydrogen (secondary N) is 1. The first-order valence-corrected chi connectivity index (χ1v) is 9.07. The van der Waals surface area contributed by atoms with E-state index >= 15 is 0 Å². The number of nitrogens with two attached hydrogens (primary N) is 1. The Labute approximate surface area is 167 Å². The lowest BCUT2D eigenvalue weighted by Crippen LogP contribution is -2.46. The molecule has 4 amide bonds. The molecule has 11 heteroatoms. The third-order valence-electron chi connectivity index (χ3n) is 4.31. The fraction of sp³-hybridized carbons (Fsp3) is 0.222. The zero-order chi connectivity index (χ0) is 21.4. The van der Waals surface area contributed by atoms with Gasteiger partial charge in [0.25, 0.3) is 11.8 Å². The molecule has 1 aliphatic heterocycles. The fourth-order valence-corrected chi connectivity index (χ4v) is 3.56. The minimum Gasteiger partial charge on any atom is -0.366 e. The molecule has 1 aliphatic rings. The van der Waals surface area contributed by atoms with Crippen LogP contribution in [0.25, 0.3) is 0 Å². The smallest absolute Gasteiger partial charge is 0.366 e. The van der Waals surface area contributed by atoms with E-state index in [0.29, 0.717) is 5.56 Å². The number of alkyl halides is 3. The normalized spacial score (nSPS) is 19.4. The summed E-state index contributed by atoms with van der Waals surface area (Å²) in [4.78, 5) is 41.6. The Morgan fingerprint density at radius 1 is 1.24 bits per heavy atom. The van der Waals surface area contributed by atoms with Gasteiger partial charge in [0, 0.05) is 23.7 Å². The molecule has 2 heterocycles. The average Bonchev–Trinajstić information content (AvgIpc) is 2.83. The highest BCUT2D eigenvalue weighted by atomic mass is 32.2. The molecular weight excluding hydrogens is 409 g/mol. The SMILES string of the molecule is CC1(Cc2ccncc2C(N)=O)NC(=O)N(c2ccc(SC(F)(F)F)cc2)C1=O. The molecule has 7 nitrogen and oxygen atoms in total. The van der Waals surface area contributed by atoms with Crippen molar-refractivity contribution in [3.8, 4) is 0 Å². The molecule has 1 saturated heterocycles. The summed E-state index contributed by atoms with van der Waals surface area (Å²) >= 11 is -0.294. The minimum absolute atomic E-state index is 0.0170. The van der Waals surface area contributed by atoms with Gasteiger partial charge < -0.3 is 11.1 Å². The van der Waals surface area contributed by atoms with Crippen molar-refractivity contribution >= 4 is 35.3 Å². The van der Waals surface area contributed by atoms with Crippen molar-refractivity contribution in [3.05, 3.63) is 53.9 Å². The van der Waals surface area contributed by atoms with Crippen LogP contribution >= 0.6 is 11.8 Å². The lowest BCUT2D eigenvalue weighted by Gasteiger charge is -2.22. The quantitative estimate of drug-likeness (QED) is 0.567. The topological polar surface area (TPSA) is 105 Å². The van der Waals surface area contributed by atoms with Gasteiger partial charge in [-0.3, -0.25) is 14.6 Å². The molecule has 1 unspecified atom stereocenters. The van der Waals surface area contributed by atoms with Gasteiger partial charge in [0.2, 0.25) is 0 Å². The number of hydrogen-bond acceptors (Lipinski definition) is 5. The first kappa shape index (κ1) is 20.6. The maximum Gasteiger partial charge on any atom is 0.446 e. The van der Waals surface area contributed by atoms with E-state index in [1.165, 1.54) is 49.6 Å². The number of rotatable bonds is 5. The van der Waals surface area contributed by atoms with Crippen LogP contribution in [0.2, 0.25) is 0 Å². The summed E-state index contributed by atoms with van der Waals surface area (Å²) in [5.41, 5.74) is 0.205. The van der Waals surface area contributed by atoms with Crippen molar-refractivity contribution in [2.24, 2.45) is 5.73 Å². The molecule has 0 spiro atoms. The average molecular weight is 424 g/mol. The Hall–Kier alpha value is -3.08. The molecule has 3 N–H and O–H groups in total. The summed E-state index contributed by atoms with van der Waals surface area (Å²) in [5.74, 6) is -1.32. The van der Waals surface area contributed by atoms with Crippen LogP contribution in [-0.2, 0) is 11.2 Å². The van der Waals surface area contributed by atoms with Gasteiger partial charge in [-0.25, -0.2) is 9.69 Å². The number of imide groups is 1. The van der Waals surface area contributed by atoms with Crippen molar-refractivity contribution in [3.63, 3.8) is 0 Å². The zero-order valence-corrected chi connectivity index (χ0v) is 15.8. The number of anilines is 1. The molecule has 0 radical (unpaired) electrons. The number of nitrogens with zero attached hydrogens (tertiary/aromatic N) is 2. The minimum atomic E-state index is -4.44. The molecular formula is C18H15F3N4O3S. The Kier molecular flexibility index (Phi) is 5.26. The molecule has 0 saturated carbocycles. The molecule has 2 aromatic rings. The number of benzene rings is 1. The van der Waals surface area contributed by atoms with E-state index in [9.17, 15) is 27.6 Å². The lowest BCUT2D eigenvalue weighted by atomic mass is 9.91. The number of halogens is 3. The van der Waals surface area contributed by atoms with Gasteiger partial charge in [0.05, 0.1) is 11.3 Å². The molecule has 29 heavy (non-hydrogen) atoms. The molecule has 1 aromatic heterocycles. The van der Waals surface area contributed by atoms with Crippen LogP contribution in [0.3, 0.4) is 0 Å². The van der Waals surface area contributed by atoms with E-state index in [-0.39, 0.29) is 34.3 Å². The van der Waals surface area contributed by atoms with Gasteiger partial charge in [-0.2, -0.15) is 13.2 Å². The molecule has 1 aromatic carbocycles. The number of carbonyl (C=O) groups excluding carboxylic acids is 3. The van der Waals surface area contributed by atoms with Gasteiger partial charge in [-0.1, -0.05) is 0 Å². The predicted octanol–water partition coefficient (Wildman–Crippen LogP) is 2.85. The van der Waals surface area contributed by atoms with Crippen LogP contribution < -0.4 is 16.0 Å². The number of primary amides is 1. The van der Waals surface area contributed by atoms with Crippen LogP contribution in [0.1, 0.15) is 22.8 Å². The van der Waals surface area contributed by atoms with Crippen molar-refractivity contribution in [2.45, 2.75) is 29.3 Å². The third-order valence-corrected chi connectivity index (χ3v) is 5.05. The molecule has 0 aliphatic carbocycles. The summed E-state index contributed by atoms with van der Waals surface area (Å²) in [6.45, 7) is 1.49. The van der Waals surface area contributed by atoms with Crippen molar-refractivity contribution in [1.29, 1.82) is 0 Å². The van der Waals surface area contributed by atoms with Crippen LogP contribution in [-0.4, -0.2) is 33.9 Å². The fourth-order valence-electron chi connectivity index (χ4n) is 3.02. The van der Waals surface area contributed by atoms with E-state index in [0.717, 1.165) is 4.90 Å². The molecule has 0 bridgehead atoms. The summed E-state index contributed by atoms with van der Waals surface area (Å²) < 4.78 is 37.4. The monoisotopic (exact) mass is 424 g/mol. The second-order valence-corrected chi connectivity index (χ2v) is 7.66. The molecule has 3 rings (SSSR count). The zero-order valence-electron chi connectivity index (χ0n) is 15.0. The van der Waals surface area contributed by atoms with Gasteiger partial charge in [0.1, 0.15) is 5.54 Å². The number of pyridine rings is 1. The first-order chi connectivity index (χ1) is 13.5. The van der Waals surface area contributed by atoms with E-state index in [2.05, 4.69) is 10.3 Å². The Morgan fingerprint density at radius 3 is 2.48 bits per heavy atom. The van der Waals surface area contributed by atoms with Gasteiger partial charge in [0.15, 0.2) is 0 Å². The van der Waals surface area contributed by atoms with Crippen molar-refractivity contribution in [2.75, 3.05) is 4.90 Å². The number of aromatic nitrogens is 1. The predicted molar refractivity (Wildman–Crippen MR) is 99.2 cm³/mol. The van der Waals surface area contributed by atoms with Crippen molar-refractivity contribution in [1.82, 2.24) is 10.3 Å². The van der Waals surface area contributed by atoms with Crippen molar-refractivity contribution < 1.29 is 27.6 Å². The molecule has 1 fully saturated rings. The van der Waals surface area contributed by atoms with Crippen LogP contribution in [0.4, 0.5) is 23.7 Å². The highest BCUT2D eigenvalue weighted by Gasteiger charge is 2.48. The van der Waals surface area contributed by atoms with E-state index in [1.807, 2.05) is 0 Å².